The molecule has 3 rings (SSSR count). The number of furan rings is 1. The maximum Gasteiger partial charge on any atom is 0.374 e. The molecule has 0 N–H and O–H groups in total. The van der Waals surface area contributed by atoms with E-state index in [9.17, 15) is 4.79 Å². The summed E-state index contributed by atoms with van der Waals surface area (Å²) in [5.41, 5.74) is 3.55. The number of methoxy groups -OCH3 is 1. The van der Waals surface area contributed by atoms with Crippen LogP contribution >= 0.6 is 0 Å². The lowest BCUT2D eigenvalue weighted by molar-refractivity contribution is 0.0559. The van der Waals surface area contributed by atoms with E-state index < -0.39 is 5.97 Å². The molecule has 4 heteroatoms. The van der Waals surface area contributed by atoms with Gasteiger partial charge in [0.1, 0.15) is 5.76 Å². The number of carbonyl (C=O) groups excluding carboxylic acids is 1. The standard InChI is InChI=1S/C19H23NO3/c1-13-7-4-5-8-16(13)17-9-6-10-20(17)12-15-11-14(2)18(23-15)19(21)22-3/h4-5,7-8,11,17H,6,9-10,12H2,1-3H3/t17-/m1/s1. The molecule has 23 heavy (non-hydrogen) atoms. The van der Waals surface area contributed by atoms with Crippen molar-refractivity contribution in [3.63, 3.8) is 0 Å². The smallest absolute Gasteiger partial charge is 0.374 e. The summed E-state index contributed by atoms with van der Waals surface area (Å²) in [6, 6.07) is 10.9. The zero-order valence-electron chi connectivity index (χ0n) is 14.0. The maximum absolute atomic E-state index is 11.7. The molecule has 1 aliphatic heterocycles. The van der Waals surface area contributed by atoms with E-state index in [2.05, 4.69) is 36.1 Å². The van der Waals surface area contributed by atoms with E-state index in [0.29, 0.717) is 11.8 Å². The highest BCUT2D eigenvalue weighted by Gasteiger charge is 2.28. The molecule has 0 radical (unpaired) electrons. The van der Waals surface area contributed by atoms with Crippen molar-refractivity contribution in [1.29, 1.82) is 0 Å². The Kier molecular flexibility index (Phi) is 4.53. The largest absolute Gasteiger partial charge is 0.463 e. The van der Waals surface area contributed by atoms with Crippen LogP contribution < -0.4 is 0 Å². The van der Waals surface area contributed by atoms with Gasteiger partial charge in [-0.25, -0.2) is 4.79 Å². The predicted octanol–water partition coefficient (Wildman–Crippen LogP) is 4.02. The van der Waals surface area contributed by atoms with E-state index in [4.69, 9.17) is 9.15 Å². The molecule has 0 aliphatic carbocycles. The van der Waals surface area contributed by atoms with Gasteiger partial charge in [0, 0.05) is 11.6 Å². The van der Waals surface area contributed by atoms with Gasteiger partial charge in [-0.2, -0.15) is 0 Å². The zero-order valence-corrected chi connectivity index (χ0v) is 14.0. The Morgan fingerprint density at radius 1 is 1.30 bits per heavy atom. The fraction of sp³-hybridized carbons (Fsp3) is 0.421. The van der Waals surface area contributed by atoms with Crippen molar-refractivity contribution in [1.82, 2.24) is 4.90 Å². The second-order valence-electron chi connectivity index (χ2n) is 6.20. The number of benzene rings is 1. The van der Waals surface area contributed by atoms with Crippen molar-refractivity contribution in [3.05, 3.63) is 58.5 Å². The first-order chi connectivity index (χ1) is 11.1. The van der Waals surface area contributed by atoms with Crippen molar-refractivity contribution in [2.45, 2.75) is 39.3 Å². The average molecular weight is 313 g/mol. The van der Waals surface area contributed by atoms with Gasteiger partial charge in [0.15, 0.2) is 0 Å². The Hall–Kier alpha value is -2.07. The normalized spacial score (nSPS) is 18.3. The Balaban J connectivity index is 1.80. The molecule has 1 aromatic heterocycles. The Morgan fingerprint density at radius 2 is 2.09 bits per heavy atom. The highest BCUT2D eigenvalue weighted by Crippen LogP contribution is 2.35. The third kappa shape index (κ3) is 3.17. The number of ether oxygens (including phenoxy) is 1. The molecule has 1 saturated heterocycles. The van der Waals surface area contributed by atoms with Crippen LogP contribution in [0.4, 0.5) is 0 Å². The molecule has 0 unspecified atom stereocenters. The summed E-state index contributed by atoms with van der Waals surface area (Å²) in [4.78, 5) is 14.1. The van der Waals surface area contributed by atoms with Crippen LogP contribution in [0.3, 0.4) is 0 Å². The molecule has 1 aliphatic rings. The fourth-order valence-electron chi connectivity index (χ4n) is 3.45. The zero-order chi connectivity index (χ0) is 16.4. The van der Waals surface area contributed by atoms with Crippen molar-refractivity contribution in [2.24, 2.45) is 0 Å². The molecule has 0 saturated carbocycles. The molecular weight excluding hydrogens is 290 g/mol. The van der Waals surface area contributed by atoms with Crippen LogP contribution in [0, 0.1) is 13.8 Å². The van der Waals surface area contributed by atoms with Crippen LogP contribution in [0.15, 0.2) is 34.7 Å². The quantitative estimate of drug-likeness (QED) is 0.800. The van der Waals surface area contributed by atoms with Gasteiger partial charge in [-0.05, 0) is 50.4 Å². The predicted molar refractivity (Wildman–Crippen MR) is 88.3 cm³/mol. The summed E-state index contributed by atoms with van der Waals surface area (Å²) in [6.07, 6.45) is 2.34. The van der Waals surface area contributed by atoms with Gasteiger partial charge in [-0.15, -0.1) is 0 Å². The van der Waals surface area contributed by atoms with Gasteiger partial charge in [-0.3, -0.25) is 4.90 Å². The Bertz CT molecular complexity index is 704. The van der Waals surface area contributed by atoms with E-state index in [1.807, 2.05) is 13.0 Å². The van der Waals surface area contributed by atoms with Gasteiger partial charge in [-0.1, -0.05) is 24.3 Å². The molecule has 1 fully saturated rings. The summed E-state index contributed by atoms with van der Waals surface area (Å²) in [5, 5.41) is 0. The van der Waals surface area contributed by atoms with Crippen LogP contribution in [0.25, 0.3) is 0 Å². The number of nitrogens with zero attached hydrogens (tertiary/aromatic N) is 1. The van der Waals surface area contributed by atoms with Crippen LogP contribution in [0.1, 0.15) is 51.9 Å². The first-order valence-electron chi connectivity index (χ1n) is 8.07. The molecule has 0 spiro atoms. The van der Waals surface area contributed by atoms with Crippen LogP contribution in [0.5, 0.6) is 0 Å². The molecule has 1 aromatic carbocycles. The van der Waals surface area contributed by atoms with Crippen molar-refractivity contribution >= 4 is 5.97 Å². The fourth-order valence-corrected chi connectivity index (χ4v) is 3.45. The highest BCUT2D eigenvalue weighted by molar-refractivity contribution is 5.87. The molecule has 1 atom stereocenters. The van der Waals surface area contributed by atoms with Gasteiger partial charge >= 0.3 is 5.97 Å². The average Bonchev–Trinajstić information content (AvgIpc) is 3.14. The molecule has 0 amide bonds. The summed E-state index contributed by atoms with van der Waals surface area (Å²) < 4.78 is 10.5. The summed E-state index contributed by atoms with van der Waals surface area (Å²) in [6.45, 7) is 5.81. The minimum atomic E-state index is -0.411. The molecule has 122 valence electrons. The molecular formula is C19H23NO3. The number of aryl methyl sites for hydroxylation is 2. The lowest BCUT2D eigenvalue weighted by Crippen LogP contribution is -2.23. The first-order valence-corrected chi connectivity index (χ1v) is 8.07. The SMILES string of the molecule is COC(=O)c1oc(CN2CCC[C@@H]2c2ccccc2C)cc1C. The Morgan fingerprint density at radius 3 is 2.83 bits per heavy atom. The summed E-state index contributed by atoms with van der Waals surface area (Å²) in [5.74, 6) is 0.725. The van der Waals surface area contributed by atoms with Gasteiger partial charge in [0.25, 0.3) is 0 Å². The summed E-state index contributed by atoms with van der Waals surface area (Å²) in [7, 11) is 1.37. The second kappa shape index (κ2) is 6.59. The van der Waals surface area contributed by atoms with Crippen molar-refractivity contribution in [2.75, 3.05) is 13.7 Å². The minimum Gasteiger partial charge on any atom is -0.463 e. The van der Waals surface area contributed by atoms with E-state index in [1.165, 1.54) is 24.7 Å². The first kappa shape index (κ1) is 15.8. The van der Waals surface area contributed by atoms with Gasteiger partial charge in [0.2, 0.25) is 5.76 Å². The van der Waals surface area contributed by atoms with Crippen LogP contribution in [-0.2, 0) is 11.3 Å². The van der Waals surface area contributed by atoms with Gasteiger partial charge in [0.05, 0.1) is 13.7 Å². The van der Waals surface area contributed by atoms with Crippen LogP contribution in [-0.4, -0.2) is 24.5 Å². The van der Waals surface area contributed by atoms with Crippen LogP contribution in [0.2, 0.25) is 0 Å². The van der Waals surface area contributed by atoms with Crippen molar-refractivity contribution in [3.8, 4) is 0 Å². The van der Waals surface area contributed by atoms with E-state index in [1.54, 1.807) is 0 Å². The summed E-state index contributed by atoms with van der Waals surface area (Å²) >= 11 is 0. The number of hydrogen-bond donors (Lipinski definition) is 0. The number of carbonyl (C=O) groups is 1. The molecule has 2 heterocycles. The second-order valence-corrected chi connectivity index (χ2v) is 6.20. The van der Waals surface area contributed by atoms with E-state index in [0.717, 1.165) is 30.8 Å². The number of hydrogen-bond acceptors (Lipinski definition) is 4. The lowest BCUT2D eigenvalue weighted by Gasteiger charge is -2.25. The number of likely N-dealkylation sites (tertiary alicyclic amines) is 1. The van der Waals surface area contributed by atoms with Gasteiger partial charge < -0.3 is 9.15 Å². The maximum atomic E-state index is 11.7. The molecule has 4 nitrogen and oxygen atoms in total. The highest BCUT2D eigenvalue weighted by atomic mass is 16.5. The monoisotopic (exact) mass is 313 g/mol. The third-order valence-electron chi connectivity index (χ3n) is 4.61. The number of esters is 1. The lowest BCUT2D eigenvalue weighted by atomic mass is 9.99. The number of rotatable bonds is 4. The van der Waals surface area contributed by atoms with E-state index in [-0.39, 0.29) is 0 Å². The topological polar surface area (TPSA) is 42.7 Å². The minimum absolute atomic E-state index is 0.314. The molecule has 2 aromatic rings. The Labute approximate surface area is 137 Å². The van der Waals surface area contributed by atoms with Crippen molar-refractivity contribution < 1.29 is 13.9 Å². The molecule has 0 bridgehead atoms. The van der Waals surface area contributed by atoms with E-state index >= 15 is 0 Å². The third-order valence-corrected chi connectivity index (χ3v) is 4.61.